The van der Waals surface area contributed by atoms with Crippen LogP contribution >= 0.6 is 27.5 Å². The Morgan fingerprint density at radius 3 is 3.00 bits per heavy atom. The average Bonchev–Trinajstić information content (AvgIpc) is 2.30. The Balaban J connectivity index is 2.03. The van der Waals surface area contributed by atoms with Crippen molar-refractivity contribution in [3.8, 4) is 0 Å². The van der Waals surface area contributed by atoms with Crippen LogP contribution in [0.25, 0.3) is 0 Å². The van der Waals surface area contributed by atoms with Crippen LogP contribution in [0.4, 0.5) is 0 Å². The Labute approximate surface area is 114 Å². The van der Waals surface area contributed by atoms with Crippen molar-refractivity contribution in [2.75, 3.05) is 13.1 Å². The van der Waals surface area contributed by atoms with Crippen LogP contribution in [0.5, 0.6) is 0 Å². The number of benzene rings is 1. The maximum absolute atomic E-state index is 12.0. The molecule has 0 saturated carbocycles. The normalized spacial score (nSPS) is 20.0. The number of piperidine rings is 1. The third-order valence-corrected chi connectivity index (χ3v) is 3.61. The molecule has 5 heteroatoms. The summed E-state index contributed by atoms with van der Waals surface area (Å²) in [7, 11) is 0. The average molecular weight is 318 g/mol. The fourth-order valence-electron chi connectivity index (χ4n) is 1.91. The van der Waals surface area contributed by atoms with E-state index in [1.165, 1.54) is 0 Å². The van der Waals surface area contributed by atoms with Crippen LogP contribution in [0.2, 0.25) is 5.02 Å². The molecule has 2 N–H and O–H groups in total. The predicted molar refractivity (Wildman–Crippen MR) is 72.5 cm³/mol. The van der Waals surface area contributed by atoms with E-state index in [0.29, 0.717) is 10.6 Å². The molecule has 1 saturated heterocycles. The summed E-state index contributed by atoms with van der Waals surface area (Å²) in [6.45, 7) is 1.87. The van der Waals surface area contributed by atoms with Gasteiger partial charge in [0.2, 0.25) is 0 Å². The Bertz CT molecular complexity index is 419. The number of nitrogens with one attached hydrogen (secondary N) is 2. The van der Waals surface area contributed by atoms with Gasteiger partial charge in [-0.25, -0.2) is 0 Å². The van der Waals surface area contributed by atoms with E-state index in [1.807, 2.05) is 6.07 Å². The van der Waals surface area contributed by atoms with Crippen LogP contribution in [0.15, 0.2) is 22.7 Å². The van der Waals surface area contributed by atoms with Gasteiger partial charge in [0.15, 0.2) is 0 Å². The van der Waals surface area contributed by atoms with Crippen molar-refractivity contribution >= 4 is 33.4 Å². The van der Waals surface area contributed by atoms with E-state index in [0.717, 1.165) is 30.4 Å². The first-order valence-electron chi connectivity index (χ1n) is 5.63. The summed E-state index contributed by atoms with van der Waals surface area (Å²) in [5.74, 6) is -0.101. The van der Waals surface area contributed by atoms with Crippen LogP contribution < -0.4 is 10.6 Å². The molecule has 92 valence electrons. The van der Waals surface area contributed by atoms with E-state index >= 15 is 0 Å². The van der Waals surface area contributed by atoms with E-state index in [2.05, 4.69) is 26.6 Å². The zero-order valence-corrected chi connectivity index (χ0v) is 11.6. The van der Waals surface area contributed by atoms with Crippen molar-refractivity contribution in [1.29, 1.82) is 0 Å². The van der Waals surface area contributed by atoms with Gasteiger partial charge in [0.05, 0.1) is 10.6 Å². The molecule has 3 nitrogen and oxygen atoms in total. The predicted octanol–water partition coefficient (Wildman–Crippen LogP) is 2.58. The minimum atomic E-state index is -0.101. The molecule has 0 radical (unpaired) electrons. The molecule has 1 aliphatic rings. The minimum absolute atomic E-state index is 0.101. The van der Waals surface area contributed by atoms with Crippen molar-refractivity contribution in [3.05, 3.63) is 33.3 Å². The van der Waals surface area contributed by atoms with E-state index in [4.69, 9.17) is 11.6 Å². The first-order valence-corrected chi connectivity index (χ1v) is 6.80. The van der Waals surface area contributed by atoms with Gasteiger partial charge in [0.25, 0.3) is 5.91 Å². The third kappa shape index (κ3) is 3.44. The molecule has 1 fully saturated rings. The highest BCUT2D eigenvalue weighted by atomic mass is 79.9. The summed E-state index contributed by atoms with van der Waals surface area (Å²) in [6, 6.07) is 5.49. The lowest BCUT2D eigenvalue weighted by molar-refractivity contribution is 0.0931. The molecule has 1 heterocycles. The van der Waals surface area contributed by atoms with Crippen molar-refractivity contribution in [2.45, 2.75) is 18.9 Å². The lowest BCUT2D eigenvalue weighted by Crippen LogP contribution is -2.45. The number of rotatable bonds is 2. The molecule has 1 amide bonds. The smallest absolute Gasteiger partial charge is 0.253 e. The Hall–Kier alpha value is -0.580. The van der Waals surface area contributed by atoms with Crippen LogP contribution in [-0.4, -0.2) is 25.0 Å². The largest absolute Gasteiger partial charge is 0.348 e. The Morgan fingerprint density at radius 2 is 2.35 bits per heavy atom. The highest BCUT2D eigenvalue weighted by Gasteiger charge is 2.17. The highest BCUT2D eigenvalue weighted by molar-refractivity contribution is 9.10. The molecule has 1 aromatic carbocycles. The summed E-state index contributed by atoms with van der Waals surface area (Å²) in [5, 5.41) is 6.73. The Morgan fingerprint density at radius 1 is 1.53 bits per heavy atom. The molecule has 0 unspecified atom stereocenters. The van der Waals surface area contributed by atoms with Crippen molar-refractivity contribution in [1.82, 2.24) is 10.6 Å². The first kappa shape index (κ1) is 12.9. The van der Waals surface area contributed by atoms with E-state index in [-0.39, 0.29) is 11.9 Å². The number of carbonyl (C=O) groups is 1. The SMILES string of the molecule is O=C(N[C@H]1CCCNC1)c1ccc(Br)cc1Cl. The van der Waals surface area contributed by atoms with Crippen molar-refractivity contribution in [3.63, 3.8) is 0 Å². The van der Waals surface area contributed by atoms with Gasteiger partial charge in [0.1, 0.15) is 0 Å². The van der Waals surface area contributed by atoms with Gasteiger partial charge in [-0.2, -0.15) is 0 Å². The van der Waals surface area contributed by atoms with E-state index in [1.54, 1.807) is 12.1 Å². The number of hydrogen-bond acceptors (Lipinski definition) is 2. The van der Waals surface area contributed by atoms with Gasteiger partial charge in [-0.1, -0.05) is 27.5 Å². The number of carbonyl (C=O) groups excluding carboxylic acids is 1. The molecule has 17 heavy (non-hydrogen) atoms. The summed E-state index contributed by atoms with van der Waals surface area (Å²) >= 11 is 9.35. The number of halogens is 2. The van der Waals surface area contributed by atoms with Gasteiger partial charge in [-0.15, -0.1) is 0 Å². The van der Waals surface area contributed by atoms with E-state index in [9.17, 15) is 4.79 Å². The van der Waals surface area contributed by atoms with Crippen LogP contribution in [0.3, 0.4) is 0 Å². The topological polar surface area (TPSA) is 41.1 Å². The molecule has 1 aromatic rings. The lowest BCUT2D eigenvalue weighted by Gasteiger charge is -2.24. The van der Waals surface area contributed by atoms with Crippen molar-refractivity contribution in [2.24, 2.45) is 0 Å². The molecular formula is C12H14BrClN2O. The highest BCUT2D eigenvalue weighted by Crippen LogP contribution is 2.21. The van der Waals surface area contributed by atoms with Gasteiger partial charge < -0.3 is 10.6 Å². The molecule has 1 atom stereocenters. The summed E-state index contributed by atoms with van der Waals surface area (Å²) in [6.07, 6.45) is 2.12. The molecule has 0 spiro atoms. The van der Waals surface area contributed by atoms with Crippen LogP contribution in [-0.2, 0) is 0 Å². The lowest BCUT2D eigenvalue weighted by atomic mass is 10.1. The summed E-state index contributed by atoms with van der Waals surface area (Å²) in [4.78, 5) is 12.0. The second kappa shape index (κ2) is 5.85. The van der Waals surface area contributed by atoms with Gasteiger partial charge >= 0.3 is 0 Å². The molecule has 0 bridgehead atoms. The van der Waals surface area contributed by atoms with Gasteiger partial charge in [0, 0.05) is 17.1 Å². The van der Waals surface area contributed by atoms with Crippen molar-refractivity contribution < 1.29 is 4.79 Å². The first-order chi connectivity index (χ1) is 8.16. The van der Waals surface area contributed by atoms with Crippen LogP contribution in [0, 0.1) is 0 Å². The van der Waals surface area contributed by atoms with Gasteiger partial charge in [-0.05, 0) is 37.6 Å². The maximum Gasteiger partial charge on any atom is 0.253 e. The fourth-order valence-corrected chi connectivity index (χ4v) is 2.67. The fraction of sp³-hybridized carbons (Fsp3) is 0.417. The third-order valence-electron chi connectivity index (χ3n) is 2.81. The zero-order chi connectivity index (χ0) is 12.3. The minimum Gasteiger partial charge on any atom is -0.348 e. The quantitative estimate of drug-likeness (QED) is 0.880. The summed E-state index contributed by atoms with van der Waals surface area (Å²) in [5.41, 5.74) is 0.528. The molecular weight excluding hydrogens is 304 g/mol. The maximum atomic E-state index is 12.0. The second-order valence-corrected chi connectivity index (χ2v) is 5.46. The van der Waals surface area contributed by atoms with E-state index < -0.39 is 0 Å². The van der Waals surface area contributed by atoms with Crippen LogP contribution in [0.1, 0.15) is 23.2 Å². The Kier molecular flexibility index (Phi) is 4.42. The molecule has 0 aromatic heterocycles. The molecule has 1 aliphatic heterocycles. The number of amides is 1. The van der Waals surface area contributed by atoms with Gasteiger partial charge in [-0.3, -0.25) is 4.79 Å². The number of hydrogen-bond donors (Lipinski definition) is 2. The second-order valence-electron chi connectivity index (χ2n) is 4.14. The monoisotopic (exact) mass is 316 g/mol. The standard InChI is InChI=1S/C12H14BrClN2O/c13-8-3-4-10(11(14)6-8)12(17)16-9-2-1-5-15-7-9/h3-4,6,9,15H,1-2,5,7H2,(H,16,17)/t9-/m0/s1. The zero-order valence-electron chi connectivity index (χ0n) is 9.30. The summed E-state index contributed by atoms with van der Waals surface area (Å²) < 4.78 is 0.874. The molecule has 2 rings (SSSR count). The molecule has 0 aliphatic carbocycles.